The van der Waals surface area contributed by atoms with Crippen molar-refractivity contribution in [1.29, 1.82) is 0 Å². The summed E-state index contributed by atoms with van der Waals surface area (Å²) in [6.45, 7) is -1.28. The smallest absolute Gasteiger partial charge is 0.411 e. The Bertz CT molecular complexity index is 1090. The fourth-order valence-electron chi connectivity index (χ4n) is 4.02. The maximum absolute atomic E-state index is 12.5. The molecule has 1 saturated carbocycles. The first-order chi connectivity index (χ1) is 17.0. The molecular weight excluding hydrogens is 477 g/mol. The highest BCUT2D eigenvalue weighted by Gasteiger charge is 2.31. The molecule has 0 aliphatic heterocycles. The van der Waals surface area contributed by atoms with E-state index in [9.17, 15) is 27.9 Å². The third-order valence-corrected chi connectivity index (χ3v) is 5.97. The number of aliphatic carboxylic acids is 1. The second kappa shape index (κ2) is 11.9. The van der Waals surface area contributed by atoms with Gasteiger partial charge in [-0.05, 0) is 86.1 Å². The third kappa shape index (κ3) is 8.30. The molecule has 5 N–H and O–H groups in total. The van der Waals surface area contributed by atoms with E-state index in [0.29, 0.717) is 54.6 Å². The Hall–Kier alpha value is -3.53. The van der Waals surface area contributed by atoms with Crippen LogP contribution < -0.4 is 11.5 Å². The van der Waals surface area contributed by atoms with Crippen molar-refractivity contribution < 1.29 is 37.3 Å². The van der Waals surface area contributed by atoms with Crippen LogP contribution in [0.3, 0.4) is 0 Å². The van der Waals surface area contributed by atoms with Crippen molar-refractivity contribution in [3.63, 3.8) is 0 Å². The molecule has 2 aromatic rings. The van der Waals surface area contributed by atoms with Crippen molar-refractivity contribution in [2.45, 2.75) is 56.9 Å². The Morgan fingerprint density at radius 3 is 2.25 bits per heavy atom. The monoisotopic (exact) mass is 506 g/mol. The summed E-state index contributed by atoms with van der Waals surface area (Å²) >= 11 is 0. The molecule has 0 atom stereocenters. The number of carboxylic acids is 1. The van der Waals surface area contributed by atoms with E-state index in [1.807, 2.05) is 0 Å². The second-order valence-electron chi connectivity index (χ2n) is 8.79. The molecular formula is C26H29F3N2O5. The SMILES string of the molecule is Nc1ccc(N)c(CC/C(=C\c2ccc(C(=O)OC3CCC(OCC(F)(F)F)CC3)cc2)C(=O)O)c1. The standard InChI is InChI=1S/C26H29F3N2O5/c27-26(28,29)15-35-21-8-10-22(11-9-21)36-25(34)17-3-1-16(2-4-17)13-19(24(32)33)6-5-18-14-20(30)7-12-23(18)31/h1-4,7,12-14,21-22H,5-6,8-11,15,30-31H2,(H,32,33)/b19-13+. The van der Waals surface area contributed by atoms with E-state index in [1.165, 1.54) is 6.08 Å². The Morgan fingerprint density at radius 1 is 1.00 bits per heavy atom. The molecule has 0 unspecified atom stereocenters. The van der Waals surface area contributed by atoms with Crippen molar-refractivity contribution in [3.8, 4) is 0 Å². The van der Waals surface area contributed by atoms with E-state index in [-0.39, 0.29) is 18.1 Å². The van der Waals surface area contributed by atoms with E-state index in [4.69, 9.17) is 20.9 Å². The van der Waals surface area contributed by atoms with Gasteiger partial charge in [-0.3, -0.25) is 0 Å². The summed E-state index contributed by atoms with van der Waals surface area (Å²) in [6, 6.07) is 11.4. The average Bonchev–Trinajstić information content (AvgIpc) is 2.83. The van der Waals surface area contributed by atoms with Crippen LogP contribution in [0.15, 0.2) is 48.0 Å². The molecule has 1 aliphatic carbocycles. The zero-order valence-electron chi connectivity index (χ0n) is 19.6. The molecule has 7 nitrogen and oxygen atoms in total. The van der Waals surface area contributed by atoms with Crippen LogP contribution in [0.1, 0.15) is 53.6 Å². The van der Waals surface area contributed by atoms with E-state index < -0.39 is 30.8 Å². The van der Waals surface area contributed by atoms with Gasteiger partial charge in [-0.15, -0.1) is 0 Å². The molecule has 0 amide bonds. The van der Waals surface area contributed by atoms with Gasteiger partial charge in [0.25, 0.3) is 0 Å². The van der Waals surface area contributed by atoms with Gasteiger partial charge in [0.15, 0.2) is 0 Å². The summed E-state index contributed by atoms with van der Waals surface area (Å²) in [4.78, 5) is 24.2. The van der Waals surface area contributed by atoms with Gasteiger partial charge in [0, 0.05) is 16.9 Å². The number of rotatable bonds is 9. The van der Waals surface area contributed by atoms with Gasteiger partial charge < -0.3 is 26.0 Å². The van der Waals surface area contributed by atoms with Gasteiger partial charge in [-0.1, -0.05) is 12.1 Å². The molecule has 2 aromatic carbocycles. The van der Waals surface area contributed by atoms with Crippen molar-refractivity contribution >= 4 is 29.4 Å². The number of carboxylic acid groups (broad SMARTS) is 1. The van der Waals surface area contributed by atoms with Crippen LogP contribution in [0.25, 0.3) is 6.08 Å². The summed E-state index contributed by atoms with van der Waals surface area (Å²) in [5.74, 6) is -1.60. The van der Waals surface area contributed by atoms with Gasteiger partial charge in [0.2, 0.25) is 0 Å². The zero-order valence-corrected chi connectivity index (χ0v) is 19.6. The summed E-state index contributed by atoms with van der Waals surface area (Å²) < 4.78 is 47.2. The number of benzene rings is 2. The quantitative estimate of drug-likeness (QED) is 0.248. The Balaban J connectivity index is 1.54. The number of nitrogens with two attached hydrogens (primary N) is 2. The molecule has 0 spiro atoms. The molecule has 0 heterocycles. The van der Waals surface area contributed by atoms with Crippen LogP contribution in [-0.2, 0) is 20.7 Å². The number of halogens is 3. The first-order valence-electron chi connectivity index (χ1n) is 11.6. The Labute approximate surface area is 206 Å². The molecule has 194 valence electrons. The van der Waals surface area contributed by atoms with Crippen molar-refractivity contribution in [1.82, 2.24) is 0 Å². The summed E-state index contributed by atoms with van der Waals surface area (Å²) in [5.41, 5.74) is 14.7. The average molecular weight is 507 g/mol. The number of carbonyl (C=O) groups excluding carboxylic acids is 1. The number of hydrogen-bond donors (Lipinski definition) is 3. The molecule has 3 rings (SSSR count). The normalized spacial score (nSPS) is 18.6. The predicted molar refractivity (Wildman–Crippen MR) is 129 cm³/mol. The summed E-state index contributed by atoms with van der Waals surface area (Å²) in [7, 11) is 0. The molecule has 0 bridgehead atoms. The highest BCUT2D eigenvalue weighted by molar-refractivity contribution is 5.93. The first kappa shape index (κ1) is 27.1. The summed E-state index contributed by atoms with van der Waals surface area (Å²) in [5, 5.41) is 9.59. The van der Waals surface area contributed by atoms with E-state index >= 15 is 0 Å². The number of hydrogen-bond acceptors (Lipinski definition) is 6. The van der Waals surface area contributed by atoms with Crippen LogP contribution in [0, 0.1) is 0 Å². The number of carbonyl (C=O) groups is 2. The number of anilines is 2. The van der Waals surface area contributed by atoms with Crippen LogP contribution >= 0.6 is 0 Å². The molecule has 0 radical (unpaired) electrons. The molecule has 1 fully saturated rings. The zero-order chi connectivity index (χ0) is 26.3. The first-order valence-corrected chi connectivity index (χ1v) is 11.6. The van der Waals surface area contributed by atoms with Crippen LogP contribution in [0.2, 0.25) is 0 Å². The minimum Gasteiger partial charge on any atom is -0.478 e. The van der Waals surface area contributed by atoms with Gasteiger partial charge in [0.1, 0.15) is 12.7 Å². The highest BCUT2D eigenvalue weighted by Crippen LogP contribution is 2.27. The molecule has 36 heavy (non-hydrogen) atoms. The van der Waals surface area contributed by atoms with Crippen molar-refractivity contribution in [2.24, 2.45) is 0 Å². The van der Waals surface area contributed by atoms with Gasteiger partial charge >= 0.3 is 18.1 Å². The Kier molecular flexibility index (Phi) is 8.98. The number of alkyl halides is 3. The van der Waals surface area contributed by atoms with E-state index in [0.717, 1.165) is 5.56 Å². The van der Waals surface area contributed by atoms with Gasteiger partial charge in [-0.25, -0.2) is 9.59 Å². The highest BCUT2D eigenvalue weighted by atomic mass is 19.4. The molecule has 10 heteroatoms. The van der Waals surface area contributed by atoms with Crippen molar-refractivity contribution in [2.75, 3.05) is 18.1 Å². The molecule has 0 aromatic heterocycles. The van der Waals surface area contributed by atoms with E-state index in [1.54, 1.807) is 42.5 Å². The Morgan fingerprint density at radius 2 is 1.64 bits per heavy atom. The minimum absolute atomic E-state index is 0.177. The lowest BCUT2D eigenvalue weighted by atomic mass is 9.95. The van der Waals surface area contributed by atoms with E-state index in [2.05, 4.69) is 0 Å². The number of aryl methyl sites for hydroxylation is 1. The molecule has 0 saturated heterocycles. The fourth-order valence-corrected chi connectivity index (χ4v) is 4.02. The maximum Gasteiger partial charge on any atom is 0.411 e. The van der Waals surface area contributed by atoms with Gasteiger partial charge in [-0.2, -0.15) is 13.2 Å². The van der Waals surface area contributed by atoms with Crippen LogP contribution in [0.5, 0.6) is 0 Å². The topological polar surface area (TPSA) is 125 Å². The minimum atomic E-state index is -4.36. The number of nitrogen functional groups attached to an aromatic ring is 2. The lowest BCUT2D eigenvalue weighted by Crippen LogP contribution is -2.30. The van der Waals surface area contributed by atoms with Crippen molar-refractivity contribution in [3.05, 3.63) is 64.7 Å². The molecule has 1 aliphatic rings. The largest absolute Gasteiger partial charge is 0.478 e. The second-order valence-corrected chi connectivity index (χ2v) is 8.79. The van der Waals surface area contributed by atoms with Crippen LogP contribution in [0.4, 0.5) is 24.5 Å². The van der Waals surface area contributed by atoms with Gasteiger partial charge in [0.05, 0.1) is 11.7 Å². The van der Waals surface area contributed by atoms with Crippen LogP contribution in [-0.4, -0.2) is 42.0 Å². The third-order valence-electron chi connectivity index (χ3n) is 5.97. The summed E-state index contributed by atoms with van der Waals surface area (Å²) in [6.07, 6.45) is -1.45. The number of esters is 1. The lowest BCUT2D eigenvalue weighted by Gasteiger charge is -2.28. The lowest BCUT2D eigenvalue weighted by molar-refractivity contribution is -0.189. The maximum atomic E-state index is 12.5. The fraction of sp³-hybridized carbons (Fsp3) is 0.385. The predicted octanol–water partition coefficient (Wildman–Crippen LogP) is 5.00. The number of ether oxygens (including phenoxy) is 2.